The molecule has 2 aromatic carbocycles. The topological polar surface area (TPSA) is 20.2 Å². The molecule has 0 spiro atoms. The maximum atomic E-state index is 13.8. The van der Waals surface area contributed by atoms with Crippen LogP contribution in [0.15, 0.2) is 36.4 Å². The van der Waals surface area contributed by atoms with E-state index in [1.54, 1.807) is 19.1 Å². The number of benzene rings is 2. The van der Waals surface area contributed by atoms with E-state index < -0.39 is 17.7 Å². The minimum Gasteiger partial charge on any atom is -0.384 e. The summed E-state index contributed by atoms with van der Waals surface area (Å²) in [4.78, 5) is 0. The third-order valence-electron chi connectivity index (χ3n) is 3.49. The van der Waals surface area contributed by atoms with Crippen LogP contribution in [0.5, 0.6) is 0 Å². The maximum Gasteiger partial charge on any atom is 0.132 e. The summed E-state index contributed by atoms with van der Waals surface area (Å²) in [7, 11) is 0. The molecule has 20 heavy (non-hydrogen) atoms. The Balaban J connectivity index is 2.36. The first-order chi connectivity index (χ1) is 9.40. The molecule has 1 atom stereocenters. The Kier molecular flexibility index (Phi) is 4.19. The van der Waals surface area contributed by atoms with E-state index in [1.165, 1.54) is 6.07 Å². The van der Waals surface area contributed by atoms with E-state index in [9.17, 15) is 13.9 Å². The minimum absolute atomic E-state index is 0.0983. The van der Waals surface area contributed by atoms with Crippen molar-refractivity contribution in [2.75, 3.05) is 0 Å². The molecule has 3 heteroatoms. The number of halogens is 2. The molecule has 1 nitrogen and oxygen atoms in total. The highest BCUT2D eigenvalue weighted by molar-refractivity contribution is 5.35. The van der Waals surface area contributed by atoms with E-state index in [0.717, 1.165) is 11.6 Å². The summed E-state index contributed by atoms with van der Waals surface area (Å²) in [5, 5.41) is 10.3. The van der Waals surface area contributed by atoms with E-state index in [-0.39, 0.29) is 5.56 Å². The van der Waals surface area contributed by atoms with Crippen LogP contribution in [-0.2, 0) is 0 Å². The first-order valence-corrected chi connectivity index (χ1v) is 6.63. The van der Waals surface area contributed by atoms with Crippen LogP contribution in [0.25, 0.3) is 0 Å². The molecule has 0 amide bonds. The number of aliphatic hydroxyl groups excluding tert-OH is 1. The Bertz CT molecular complexity index is 603. The molecule has 0 heterocycles. The molecule has 0 bridgehead atoms. The summed E-state index contributed by atoms with van der Waals surface area (Å²) >= 11 is 0. The average molecular weight is 276 g/mol. The molecule has 0 fully saturated rings. The average Bonchev–Trinajstić information content (AvgIpc) is 2.42. The lowest BCUT2D eigenvalue weighted by molar-refractivity contribution is 0.214. The van der Waals surface area contributed by atoms with Gasteiger partial charge >= 0.3 is 0 Å². The van der Waals surface area contributed by atoms with E-state index in [2.05, 4.69) is 13.8 Å². The van der Waals surface area contributed by atoms with Crippen LogP contribution in [0.3, 0.4) is 0 Å². The molecule has 2 aromatic rings. The second-order valence-corrected chi connectivity index (χ2v) is 5.35. The Labute approximate surface area is 117 Å². The van der Waals surface area contributed by atoms with Crippen molar-refractivity contribution in [1.82, 2.24) is 0 Å². The second-order valence-electron chi connectivity index (χ2n) is 5.35. The van der Waals surface area contributed by atoms with Gasteiger partial charge in [-0.2, -0.15) is 0 Å². The third kappa shape index (κ3) is 2.88. The lowest BCUT2D eigenvalue weighted by atomic mass is 9.96. The molecular formula is C17H18F2O. The van der Waals surface area contributed by atoms with Gasteiger partial charge in [-0.3, -0.25) is 0 Å². The predicted molar refractivity (Wildman–Crippen MR) is 75.7 cm³/mol. The Hall–Kier alpha value is -1.74. The number of aliphatic hydroxyl groups is 1. The van der Waals surface area contributed by atoms with Gasteiger partial charge < -0.3 is 5.11 Å². The van der Waals surface area contributed by atoms with Gasteiger partial charge in [-0.1, -0.05) is 38.1 Å². The summed E-state index contributed by atoms with van der Waals surface area (Å²) in [5.74, 6) is -0.937. The highest BCUT2D eigenvalue weighted by atomic mass is 19.1. The predicted octanol–water partition coefficient (Wildman–Crippen LogP) is 4.48. The first kappa shape index (κ1) is 14.7. The fraction of sp³-hybridized carbons (Fsp3) is 0.294. The zero-order valence-corrected chi connectivity index (χ0v) is 11.8. The fourth-order valence-corrected chi connectivity index (χ4v) is 2.13. The van der Waals surface area contributed by atoms with Gasteiger partial charge in [0, 0.05) is 11.6 Å². The maximum absolute atomic E-state index is 13.8. The van der Waals surface area contributed by atoms with Crippen LogP contribution < -0.4 is 0 Å². The molecule has 0 aliphatic heterocycles. The van der Waals surface area contributed by atoms with Gasteiger partial charge in [0.25, 0.3) is 0 Å². The Morgan fingerprint density at radius 3 is 2.00 bits per heavy atom. The van der Waals surface area contributed by atoms with Crippen LogP contribution >= 0.6 is 0 Å². The van der Waals surface area contributed by atoms with E-state index in [0.29, 0.717) is 17.0 Å². The molecular weight excluding hydrogens is 258 g/mol. The van der Waals surface area contributed by atoms with Crippen LogP contribution in [0.4, 0.5) is 8.78 Å². The van der Waals surface area contributed by atoms with Gasteiger partial charge in [0.2, 0.25) is 0 Å². The molecule has 1 unspecified atom stereocenters. The standard InChI is InChI=1S/C17H18F2O/c1-10(2)12-4-6-13(7-5-12)17(20)14-8-11(3)15(18)9-16(14)19/h4-10,17,20H,1-3H3. The second kappa shape index (κ2) is 5.71. The van der Waals surface area contributed by atoms with Gasteiger partial charge in [-0.15, -0.1) is 0 Å². The smallest absolute Gasteiger partial charge is 0.132 e. The van der Waals surface area contributed by atoms with Gasteiger partial charge in [0.05, 0.1) is 0 Å². The Morgan fingerprint density at radius 1 is 0.900 bits per heavy atom. The minimum atomic E-state index is -1.09. The summed E-state index contributed by atoms with van der Waals surface area (Å²) < 4.78 is 27.0. The van der Waals surface area contributed by atoms with Crippen molar-refractivity contribution >= 4 is 0 Å². The van der Waals surface area contributed by atoms with Crippen LogP contribution in [0, 0.1) is 18.6 Å². The monoisotopic (exact) mass is 276 g/mol. The van der Waals surface area contributed by atoms with Gasteiger partial charge in [-0.05, 0) is 35.6 Å². The Morgan fingerprint density at radius 2 is 1.45 bits per heavy atom. The molecule has 2 rings (SSSR count). The third-order valence-corrected chi connectivity index (χ3v) is 3.49. The quantitative estimate of drug-likeness (QED) is 0.876. The molecule has 106 valence electrons. The highest BCUT2D eigenvalue weighted by Crippen LogP contribution is 2.27. The molecule has 0 aromatic heterocycles. The fourth-order valence-electron chi connectivity index (χ4n) is 2.13. The van der Waals surface area contributed by atoms with E-state index in [4.69, 9.17) is 0 Å². The molecule has 0 aliphatic rings. The van der Waals surface area contributed by atoms with Gasteiger partial charge in [0.1, 0.15) is 17.7 Å². The normalized spacial score (nSPS) is 12.8. The zero-order chi connectivity index (χ0) is 14.9. The van der Waals surface area contributed by atoms with Crippen molar-refractivity contribution in [3.8, 4) is 0 Å². The van der Waals surface area contributed by atoms with Crippen LogP contribution in [-0.4, -0.2) is 5.11 Å². The lowest BCUT2D eigenvalue weighted by Crippen LogP contribution is -2.04. The van der Waals surface area contributed by atoms with Gasteiger partial charge in [-0.25, -0.2) is 8.78 Å². The van der Waals surface area contributed by atoms with Crippen LogP contribution in [0.2, 0.25) is 0 Å². The number of hydrogen-bond donors (Lipinski definition) is 1. The largest absolute Gasteiger partial charge is 0.384 e. The highest BCUT2D eigenvalue weighted by Gasteiger charge is 2.17. The van der Waals surface area contributed by atoms with E-state index >= 15 is 0 Å². The van der Waals surface area contributed by atoms with Crippen molar-refractivity contribution in [3.05, 3.63) is 70.3 Å². The van der Waals surface area contributed by atoms with Crippen molar-refractivity contribution in [3.63, 3.8) is 0 Å². The molecule has 1 N–H and O–H groups in total. The zero-order valence-electron chi connectivity index (χ0n) is 11.8. The number of rotatable bonds is 3. The van der Waals surface area contributed by atoms with Gasteiger partial charge in [0.15, 0.2) is 0 Å². The van der Waals surface area contributed by atoms with Crippen molar-refractivity contribution < 1.29 is 13.9 Å². The molecule has 0 radical (unpaired) electrons. The number of aryl methyl sites for hydroxylation is 1. The summed E-state index contributed by atoms with van der Waals surface area (Å²) in [6.07, 6.45) is -1.09. The molecule has 0 saturated heterocycles. The SMILES string of the molecule is Cc1cc(C(O)c2ccc(C(C)C)cc2)c(F)cc1F. The summed E-state index contributed by atoms with van der Waals surface area (Å²) in [6.45, 7) is 5.70. The van der Waals surface area contributed by atoms with E-state index in [1.807, 2.05) is 12.1 Å². The summed E-state index contributed by atoms with van der Waals surface area (Å²) in [6, 6.07) is 9.55. The number of hydrogen-bond acceptors (Lipinski definition) is 1. The molecule has 0 saturated carbocycles. The molecule has 0 aliphatic carbocycles. The van der Waals surface area contributed by atoms with Crippen molar-refractivity contribution in [2.45, 2.75) is 32.8 Å². The summed E-state index contributed by atoms with van der Waals surface area (Å²) in [5.41, 5.74) is 2.16. The first-order valence-electron chi connectivity index (χ1n) is 6.63. The van der Waals surface area contributed by atoms with Crippen molar-refractivity contribution in [2.24, 2.45) is 0 Å². The lowest BCUT2D eigenvalue weighted by Gasteiger charge is -2.15. The van der Waals surface area contributed by atoms with Crippen LogP contribution in [0.1, 0.15) is 48.1 Å². The van der Waals surface area contributed by atoms with Crippen molar-refractivity contribution in [1.29, 1.82) is 0 Å².